The molecule has 1 fully saturated rings. The number of rotatable bonds is 14. The van der Waals surface area contributed by atoms with Crippen molar-refractivity contribution in [2.75, 3.05) is 13.2 Å². The zero-order chi connectivity index (χ0) is 19.5. The van der Waals surface area contributed by atoms with Crippen molar-refractivity contribution in [2.24, 2.45) is 0 Å². The zero-order valence-corrected chi connectivity index (χ0v) is 16.0. The zero-order valence-electron chi connectivity index (χ0n) is 16.0. The number of allylic oxidation sites excluding steroid dienone is 2. The number of carboxylic acid groups (broad SMARTS) is 1. The average molecular weight is 374 g/mol. The summed E-state index contributed by atoms with van der Waals surface area (Å²) in [4.78, 5) is 11.5. The number of hydrogen-bond acceptors (Lipinski definition) is 4. The lowest BCUT2D eigenvalue weighted by molar-refractivity contribution is -0.133. The van der Waals surface area contributed by atoms with Crippen LogP contribution >= 0.6 is 0 Å². The van der Waals surface area contributed by atoms with E-state index in [1.165, 1.54) is 0 Å². The van der Waals surface area contributed by atoms with E-state index in [1.54, 1.807) is 6.08 Å². The molecule has 1 N–H and O–H groups in total. The number of aliphatic carboxylic acids is 1. The van der Waals surface area contributed by atoms with Crippen LogP contribution in [0.1, 0.15) is 57.8 Å². The predicted molar refractivity (Wildman–Crippen MR) is 104 cm³/mol. The molecule has 0 saturated heterocycles. The first kappa shape index (κ1) is 21.1. The Morgan fingerprint density at radius 1 is 1.30 bits per heavy atom. The summed E-state index contributed by atoms with van der Waals surface area (Å²) in [7, 11) is 0. The van der Waals surface area contributed by atoms with Crippen LogP contribution < -0.4 is 0 Å². The van der Waals surface area contributed by atoms with Gasteiger partial charge in [-0.3, -0.25) is 0 Å². The third kappa shape index (κ3) is 7.52. The highest BCUT2D eigenvalue weighted by molar-refractivity contribution is 5.87. The molecular formula is C22H30O5. The molecule has 1 saturated carbocycles. The number of ether oxygens (including phenoxy) is 3. The Labute approximate surface area is 162 Å². The van der Waals surface area contributed by atoms with Crippen molar-refractivity contribution < 1.29 is 24.1 Å². The van der Waals surface area contributed by atoms with Gasteiger partial charge in [0, 0.05) is 25.0 Å². The van der Waals surface area contributed by atoms with Crippen LogP contribution in [0.2, 0.25) is 0 Å². The predicted octanol–water partition coefficient (Wildman–Crippen LogP) is 4.35. The van der Waals surface area contributed by atoms with Gasteiger partial charge in [-0.15, -0.1) is 18.9 Å². The Kier molecular flexibility index (Phi) is 9.00. The van der Waals surface area contributed by atoms with Crippen LogP contribution in [0, 0.1) is 12.3 Å². The maximum Gasteiger partial charge on any atom is 0.331 e. The third-order valence-corrected chi connectivity index (χ3v) is 4.43. The molecule has 0 heterocycles. The van der Waals surface area contributed by atoms with Crippen LogP contribution in [0.3, 0.4) is 0 Å². The molecule has 0 aromatic heterocycles. The van der Waals surface area contributed by atoms with Gasteiger partial charge < -0.3 is 19.3 Å². The van der Waals surface area contributed by atoms with Gasteiger partial charge in [0.2, 0.25) is 0 Å². The van der Waals surface area contributed by atoms with Crippen molar-refractivity contribution in [3.8, 4) is 12.3 Å². The minimum Gasteiger partial charge on any atom is -0.491 e. The number of carbonyl (C=O) groups is 1. The van der Waals surface area contributed by atoms with Gasteiger partial charge in [-0.05, 0) is 51.0 Å². The van der Waals surface area contributed by atoms with Crippen molar-refractivity contribution in [3.05, 3.63) is 35.8 Å². The van der Waals surface area contributed by atoms with E-state index >= 15 is 0 Å². The largest absolute Gasteiger partial charge is 0.491 e. The second-order valence-corrected chi connectivity index (χ2v) is 6.88. The standard InChI is InChI=1S/C22H30O5/c1-3-5-7-9-13-25-19-15-17(22(23)24)16-20(27-18-11-12-18)21(19)26-14-10-8-6-4-2/h2-3,16,18-19H,1,5-15H2,(H,23,24). The molecule has 1 atom stereocenters. The van der Waals surface area contributed by atoms with E-state index in [-0.39, 0.29) is 12.5 Å². The summed E-state index contributed by atoms with van der Waals surface area (Å²) in [6.45, 7) is 4.78. The summed E-state index contributed by atoms with van der Waals surface area (Å²) >= 11 is 0. The van der Waals surface area contributed by atoms with Crippen molar-refractivity contribution in [3.63, 3.8) is 0 Å². The fourth-order valence-electron chi connectivity index (χ4n) is 2.77. The highest BCUT2D eigenvalue weighted by atomic mass is 16.6. The van der Waals surface area contributed by atoms with Gasteiger partial charge in [0.05, 0.1) is 12.7 Å². The molecule has 2 aliphatic carbocycles. The van der Waals surface area contributed by atoms with Crippen molar-refractivity contribution >= 4 is 5.97 Å². The Hall–Kier alpha value is -2.19. The SMILES string of the molecule is C#CCCCCOC1=C(OC2CC2)C=C(C(=O)O)CC1OCCCCC=C. The molecule has 0 radical (unpaired) electrons. The molecule has 1 unspecified atom stereocenters. The van der Waals surface area contributed by atoms with E-state index in [2.05, 4.69) is 12.5 Å². The highest BCUT2D eigenvalue weighted by Gasteiger charge is 2.33. The summed E-state index contributed by atoms with van der Waals surface area (Å²) in [5, 5.41) is 9.45. The van der Waals surface area contributed by atoms with E-state index in [0.29, 0.717) is 30.3 Å². The highest BCUT2D eigenvalue weighted by Crippen LogP contribution is 2.34. The molecule has 148 valence electrons. The number of hydrogen-bond donors (Lipinski definition) is 1. The monoisotopic (exact) mass is 374 g/mol. The van der Waals surface area contributed by atoms with Crippen LogP contribution in [-0.4, -0.2) is 36.5 Å². The summed E-state index contributed by atoms with van der Waals surface area (Å²) in [5.41, 5.74) is 0.293. The fraction of sp³-hybridized carbons (Fsp3) is 0.591. The molecule has 2 aliphatic rings. The van der Waals surface area contributed by atoms with Crippen molar-refractivity contribution in [1.29, 1.82) is 0 Å². The normalized spacial score (nSPS) is 19.2. The lowest BCUT2D eigenvalue weighted by Gasteiger charge is -2.27. The average Bonchev–Trinajstić information content (AvgIpc) is 3.46. The first-order valence-electron chi connectivity index (χ1n) is 9.79. The molecule has 5 nitrogen and oxygen atoms in total. The topological polar surface area (TPSA) is 65.0 Å². The molecule has 0 aromatic rings. The molecule has 2 rings (SSSR count). The molecule has 0 amide bonds. The molecule has 0 aliphatic heterocycles. The Bertz CT molecular complexity index is 607. The molecule has 5 heteroatoms. The van der Waals surface area contributed by atoms with E-state index in [9.17, 15) is 9.90 Å². The summed E-state index contributed by atoms with van der Waals surface area (Å²) < 4.78 is 17.9. The van der Waals surface area contributed by atoms with Crippen molar-refractivity contribution in [1.82, 2.24) is 0 Å². The Morgan fingerprint density at radius 2 is 2.07 bits per heavy atom. The molecular weight excluding hydrogens is 344 g/mol. The molecule has 0 spiro atoms. The van der Waals surface area contributed by atoms with Crippen LogP contribution in [0.25, 0.3) is 0 Å². The lowest BCUT2D eigenvalue weighted by Crippen LogP contribution is -2.27. The van der Waals surface area contributed by atoms with Gasteiger partial charge >= 0.3 is 5.97 Å². The fourth-order valence-corrected chi connectivity index (χ4v) is 2.77. The summed E-state index contributed by atoms with van der Waals surface area (Å²) in [5.74, 6) is 2.81. The number of carboxylic acids is 1. The van der Waals surface area contributed by atoms with Gasteiger partial charge in [0.1, 0.15) is 6.10 Å². The Balaban J connectivity index is 2.05. The third-order valence-electron chi connectivity index (χ3n) is 4.43. The molecule has 27 heavy (non-hydrogen) atoms. The van der Waals surface area contributed by atoms with Crippen molar-refractivity contribution in [2.45, 2.75) is 70.0 Å². The van der Waals surface area contributed by atoms with Gasteiger partial charge in [0.25, 0.3) is 0 Å². The van der Waals surface area contributed by atoms with Crippen LogP contribution in [-0.2, 0) is 19.0 Å². The van der Waals surface area contributed by atoms with Gasteiger partial charge in [-0.1, -0.05) is 6.08 Å². The second-order valence-electron chi connectivity index (χ2n) is 6.88. The minimum absolute atomic E-state index is 0.151. The molecule has 0 bridgehead atoms. The van der Waals surface area contributed by atoms with Crippen LogP contribution in [0.15, 0.2) is 35.8 Å². The second kappa shape index (κ2) is 11.5. The van der Waals surface area contributed by atoms with Gasteiger partial charge in [-0.2, -0.15) is 0 Å². The van der Waals surface area contributed by atoms with Gasteiger partial charge in [0.15, 0.2) is 11.5 Å². The molecule has 0 aromatic carbocycles. The van der Waals surface area contributed by atoms with E-state index in [4.69, 9.17) is 20.6 Å². The minimum atomic E-state index is -0.944. The number of terminal acetylenes is 1. The summed E-state index contributed by atoms with van der Waals surface area (Å²) in [6.07, 6.45) is 16.0. The Morgan fingerprint density at radius 3 is 2.74 bits per heavy atom. The lowest BCUT2D eigenvalue weighted by atomic mass is 9.99. The smallest absolute Gasteiger partial charge is 0.331 e. The summed E-state index contributed by atoms with van der Waals surface area (Å²) in [6, 6.07) is 0. The van der Waals surface area contributed by atoms with E-state index in [0.717, 1.165) is 51.4 Å². The van der Waals surface area contributed by atoms with Gasteiger partial charge in [-0.25, -0.2) is 4.79 Å². The van der Waals surface area contributed by atoms with E-state index in [1.807, 2.05) is 6.08 Å². The van der Waals surface area contributed by atoms with Crippen LogP contribution in [0.5, 0.6) is 0 Å². The number of unbranched alkanes of at least 4 members (excludes halogenated alkanes) is 4. The van der Waals surface area contributed by atoms with Crippen LogP contribution in [0.4, 0.5) is 0 Å². The first-order valence-corrected chi connectivity index (χ1v) is 9.79. The first-order chi connectivity index (χ1) is 13.2. The quantitative estimate of drug-likeness (QED) is 0.278. The van der Waals surface area contributed by atoms with E-state index < -0.39 is 12.1 Å². The maximum absolute atomic E-state index is 11.5. The maximum atomic E-state index is 11.5.